The highest BCUT2D eigenvalue weighted by Gasteiger charge is 2.26. The maximum Gasteiger partial charge on any atom is 0.0886 e. The molecule has 134 valence electrons. The molecule has 0 aromatic heterocycles. The van der Waals surface area contributed by atoms with Crippen molar-refractivity contribution in [2.45, 2.75) is 109 Å². The quantitative estimate of drug-likeness (QED) is 0.517. The number of rotatable bonds is 6. The lowest BCUT2D eigenvalue weighted by Crippen LogP contribution is -3.00. The standard InChI is InChI=1S/C20H42N.ClH/c1-4-5-6-16-19-21(2,3)20-17-14-12-10-8-7-9-11-13-15-18-20;/h20H,4-19H2,1-3H3;1H/q+1;/p-1. The fourth-order valence-electron chi connectivity index (χ4n) is 3.97. The van der Waals surface area contributed by atoms with Crippen LogP contribution in [0.5, 0.6) is 0 Å². The van der Waals surface area contributed by atoms with Crippen LogP contribution in [0.3, 0.4) is 0 Å². The molecule has 0 bridgehead atoms. The Morgan fingerprint density at radius 1 is 0.682 bits per heavy atom. The molecule has 1 aliphatic rings. The van der Waals surface area contributed by atoms with E-state index in [4.69, 9.17) is 0 Å². The summed E-state index contributed by atoms with van der Waals surface area (Å²) in [5, 5.41) is 0. The second-order valence-corrected chi connectivity index (χ2v) is 7.98. The average Bonchev–Trinajstić information content (AvgIpc) is 2.44. The molecule has 0 radical (unpaired) electrons. The van der Waals surface area contributed by atoms with Gasteiger partial charge >= 0.3 is 0 Å². The van der Waals surface area contributed by atoms with Crippen LogP contribution in [-0.2, 0) is 0 Å². The van der Waals surface area contributed by atoms with Crippen LogP contribution in [0.15, 0.2) is 0 Å². The first kappa shape index (κ1) is 22.2. The van der Waals surface area contributed by atoms with E-state index < -0.39 is 0 Å². The maximum absolute atomic E-state index is 2.50. The third-order valence-corrected chi connectivity index (χ3v) is 5.65. The zero-order valence-electron chi connectivity index (χ0n) is 15.7. The molecule has 0 aromatic carbocycles. The molecule has 0 unspecified atom stereocenters. The average molecular weight is 332 g/mol. The Kier molecular flexibility index (Phi) is 13.8. The van der Waals surface area contributed by atoms with E-state index in [1.165, 1.54) is 107 Å². The van der Waals surface area contributed by atoms with Gasteiger partial charge in [0.2, 0.25) is 0 Å². The first-order valence-electron chi connectivity index (χ1n) is 9.99. The molecule has 1 aliphatic carbocycles. The van der Waals surface area contributed by atoms with Gasteiger partial charge in [-0.2, -0.15) is 0 Å². The van der Waals surface area contributed by atoms with Crippen molar-refractivity contribution in [2.24, 2.45) is 0 Å². The minimum absolute atomic E-state index is 0. The predicted octanol–water partition coefficient (Wildman–Crippen LogP) is 3.32. The molecular formula is C20H42ClN. The molecule has 1 rings (SSSR count). The summed E-state index contributed by atoms with van der Waals surface area (Å²) in [6.07, 6.45) is 21.9. The van der Waals surface area contributed by atoms with Gasteiger partial charge in [-0.05, 0) is 38.5 Å². The molecule has 1 fully saturated rings. The zero-order chi connectivity index (χ0) is 15.4. The summed E-state index contributed by atoms with van der Waals surface area (Å²) < 4.78 is 1.28. The molecule has 1 saturated carbocycles. The highest BCUT2D eigenvalue weighted by molar-refractivity contribution is 4.62. The van der Waals surface area contributed by atoms with Crippen LogP contribution in [0.25, 0.3) is 0 Å². The molecular weight excluding hydrogens is 290 g/mol. The first-order chi connectivity index (χ1) is 10.2. The highest BCUT2D eigenvalue weighted by Crippen LogP contribution is 2.24. The van der Waals surface area contributed by atoms with E-state index in [0.29, 0.717) is 0 Å². The Labute approximate surface area is 147 Å². The minimum Gasteiger partial charge on any atom is -1.00 e. The Morgan fingerprint density at radius 2 is 1.14 bits per heavy atom. The lowest BCUT2D eigenvalue weighted by Gasteiger charge is -2.39. The summed E-state index contributed by atoms with van der Waals surface area (Å²) >= 11 is 0. The van der Waals surface area contributed by atoms with Gasteiger partial charge in [0.1, 0.15) is 0 Å². The van der Waals surface area contributed by atoms with Crippen molar-refractivity contribution < 1.29 is 16.9 Å². The van der Waals surface area contributed by atoms with Crippen LogP contribution in [-0.4, -0.2) is 31.2 Å². The summed E-state index contributed by atoms with van der Waals surface area (Å²) in [6, 6.07) is 0.922. The third kappa shape index (κ3) is 10.1. The van der Waals surface area contributed by atoms with Crippen molar-refractivity contribution in [2.75, 3.05) is 20.6 Å². The van der Waals surface area contributed by atoms with E-state index >= 15 is 0 Å². The van der Waals surface area contributed by atoms with Crippen LogP contribution < -0.4 is 12.4 Å². The molecule has 0 amide bonds. The minimum atomic E-state index is 0. The van der Waals surface area contributed by atoms with Crippen LogP contribution in [0.2, 0.25) is 0 Å². The van der Waals surface area contributed by atoms with E-state index in [2.05, 4.69) is 21.0 Å². The van der Waals surface area contributed by atoms with Crippen molar-refractivity contribution >= 4 is 0 Å². The van der Waals surface area contributed by atoms with Gasteiger partial charge < -0.3 is 16.9 Å². The Hall–Kier alpha value is 0.250. The van der Waals surface area contributed by atoms with Crippen molar-refractivity contribution in [1.29, 1.82) is 0 Å². The Bertz CT molecular complexity index is 228. The maximum atomic E-state index is 2.50. The summed E-state index contributed by atoms with van der Waals surface area (Å²) in [5.74, 6) is 0. The molecule has 0 saturated heterocycles. The topological polar surface area (TPSA) is 0 Å². The van der Waals surface area contributed by atoms with Gasteiger partial charge in [0.15, 0.2) is 0 Å². The highest BCUT2D eigenvalue weighted by atomic mass is 35.5. The number of hydrogen-bond donors (Lipinski definition) is 0. The molecule has 0 spiro atoms. The number of nitrogens with zero attached hydrogens (tertiary/aromatic N) is 1. The number of halogens is 1. The van der Waals surface area contributed by atoms with Crippen LogP contribution in [0, 0.1) is 0 Å². The summed E-state index contributed by atoms with van der Waals surface area (Å²) in [7, 11) is 5.00. The second-order valence-electron chi connectivity index (χ2n) is 7.98. The summed E-state index contributed by atoms with van der Waals surface area (Å²) in [4.78, 5) is 0. The van der Waals surface area contributed by atoms with E-state index in [1.807, 2.05) is 0 Å². The van der Waals surface area contributed by atoms with Gasteiger partial charge in [0, 0.05) is 0 Å². The summed E-state index contributed by atoms with van der Waals surface area (Å²) in [6.45, 7) is 3.71. The second kappa shape index (κ2) is 13.7. The van der Waals surface area contributed by atoms with E-state index in [1.54, 1.807) is 0 Å². The molecule has 2 heteroatoms. The first-order valence-corrected chi connectivity index (χ1v) is 9.99. The van der Waals surface area contributed by atoms with Gasteiger partial charge in [0.25, 0.3) is 0 Å². The monoisotopic (exact) mass is 331 g/mol. The molecule has 0 N–H and O–H groups in total. The smallest absolute Gasteiger partial charge is 0.0886 e. The normalized spacial score (nSPS) is 19.8. The van der Waals surface area contributed by atoms with Gasteiger partial charge in [-0.15, -0.1) is 0 Å². The van der Waals surface area contributed by atoms with Crippen molar-refractivity contribution in [3.05, 3.63) is 0 Å². The van der Waals surface area contributed by atoms with Crippen LogP contribution in [0.4, 0.5) is 0 Å². The fraction of sp³-hybridized carbons (Fsp3) is 1.00. The molecule has 0 heterocycles. The Balaban J connectivity index is 0.00000441. The van der Waals surface area contributed by atoms with Crippen LogP contribution >= 0.6 is 0 Å². The van der Waals surface area contributed by atoms with Gasteiger partial charge in [-0.3, -0.25) is 0 Å². The third-order valence-electron chi connectivity index (χ3n) is 5.65. The van der Waals surface area contributed by atoms with Gasteiger partial charge in [0.05, 0.1) is 26.7 Å². The van der Waals surface area contributed by atoms with Gasteiger partial charge in [-0.25, -0.2) is 0 Å². The summed E-state index contributed by atoms with van der Waals surface area (Å²) in [5.41, 5.74) is 0. The molecule has 0 atom stereocenters. The van der Waals surface area contributed by atoms with Crippen molar-refractivity contribution in [1.82, 2.24) is 0 Å². The number of quaternary nitrogens is 1. The number of unbranched alkanes of at least 4 members (excludes halogenated alkanes) is 3. The molecule has 0 aliphatic heterocycles. The lowest BCUT2D eigenvalue weighted by molar-refractivity contribution is -0.916. The largest absolute Gasteiger partial charge is 1.00 e. The fourth-order valence-corrected chi connectivity index (χ4v) is 3.97. The molecule has 22 heavy (non-hydrogen) atoms. The lowest BCUT2D eigenvalue weighted by atomic mass is 9.95. The van der Waals surface area contributed by atoms with Crippen LogP contribution in [0.1, 0.15) is 103 Å². The molecule has 1 nitrogen and oxygen atoms in total. The van der Waals surface area contributed by atoms with E-state index in [0.717, 1.165) is 6.04 Å². The zero-order valence-corrected chi connectivity index (χ0v) is 16.5. The van der Waals surface area contributed by atoms with E-state index in [9.17, 15) is 0 Å². The number of hydrogen-bond acceptors (Lipinski definition) is 0. The SMILES string of the molecule is CCCCCC[N+](C)(C)C1CCCCCCCCCCC1.[Cl-]. The van der Waals surface area contributed by atoms with E-state index in [-0.39, 0.29) is 12.4 Å². The van der Waals surface area contributed by atoms with Gasteiger partial charge in [-0.1, -0.05) is 64.7 Å². The van der Waals surface area contributed by atoms with Crippen molar-refractivity contribution in [3.63, 3.8) is 0 Å². The Morgan fingerprint density at radius 3 is 1.59 bits per heavy atom. The molecule has 0 aromatic rings. The predicted molar refractivity (Wildman–Crippen MR) is 95.7 cm³/mol. The van der Waals surface area contributed by atoms with Crippen molar-refractivity contribution in [3.8, 4) is 0 Å².